The molecular formula is C11H16ClN3O2. The molecule has 0 aliphatic heterocycles. The van der Waals surface area contributed by atoms with Crippen LogP contribution in [0.5, 0.6) is 0 Å². The number of anilines is 1. The van der Waals surface area contributed by atoms with Gasteiger partial charge in [0.25, 0.3) is 5.91 Å². The van der Waals surface area contributed by atoms with E-state index in [2.05, 4.69) is 4.98 Å². The van der Waals surface area contributed by atoms with E-state index in [-0.39, 0.29) is 11.1 Å². The molecule has 0 spiro atoms. The average molecular weight is 258 g/mol. The first-order valence-electron chi connectivity index (χ1n) is 5.29. The highest BCUT2D eigenvalue weighted by Gasteiger charge is 2.17. The van der Waals surface area contributed by atoms with Gasteiger partial charge in [0.15, 0.2) is 0 Å². The summed E-state index contributed by atoms with van der Waals surface area (Å²) in [5.74, 6) is -0.186. The fraction of sp³-hybridized carbons (Fsp3) is 0.455. The summed E-state index contributed by atoms with van der Waals surface area (Å²) in [5, 5.41) is 0.167. The minimum absolute atomic E-state index is 0.167. The Morgan fingerprint density at radius 2 is 2.35 bits per heavy atom. The van der Waals surface area contributed by atoms with E-state index >= 15 is 0 Å². The van der Waals surface area contributed by atoms with E-state index < -0.39 is 0 Å². The van der Waals surface area contributed by atoms with Gasteiger partial charge in [0.05, 0.1) is 24.1 Å². The summed E-state index contributed by atoms with van der Waals surface area (Å²) in [6.45, 7) is 3.46. The quantitative estimate of drug-likeness (QED) is 0.810. The molecule has 0 bridgehead atoms. The first-order valence-corrected chi connectivity index (χ1v) is 5.67. The zero-order valence-corrected chi connectivity index (χ0v) is 10.7. The maximum absolute atomic E-state index is 12.1. The molecule has 0 unspecified atom stereocenters. The number of methoxy groups -OCH3 is 1. The highest BCUT2D eigenvalue weighted by atomic mass is 35.5. The maximum atomic E-state index is 12.1. The number of amides is 1. The minimum Gasteiger partial charge on any atom is -0.397 e. The molecule has 0 aromatic carbocycles. The fourth-order valence-electron chi connectivity index (χ4n) is 1.39. The molecule has 1 aromatic heterocycles. The normalized spacial score (nSPS) is 10.3. The van der Waals surface area contributed by atoms with E-state index in [0.29, 0.717) is 30.9 Å². The summed E-state index contributed by atoms with van der Waals surface area (Å²) >= 11 is 5.88. The van der Waals surface area contributed by atoms with Crippen molar-refractivity contribution >= 4 is 23.2 Å². The second kappa shape index (κ2) is 6.42. The molecule has 6 heteroatoms. The van der Waals surface area contributed by atoms with Crippen LogP contribution in [-0.2, 0) is 4.74 Å². The monoisotopic (exact) mass is 257 g/mol. The number of rotatable bonds is 5. The third-order valence-corrected chi connectivity index (χ3v) is 2.63. The number of carbonyl (C=O) groups excluding carboxylic acids is 1. The number of hydrogen-bond acceptors (Lipinski definition) is 4. The Hall–Kier alpha value is -1.33. The number of nitrogens with zero attached hydrogens (tertiary/aromatic N) is 2. The van der Waals surface area contributed by atoms with Crippen molar-refractivity contribution in [2.24, 2.45) is 0 Å². The van der Waals surface area contributed by atoms with Crippen LogP contribution >= 0.6 is 11.6 Å². The molecule has 94 valence electrons. The number of pyridine rings is 1. The van der Waals surface area contributed by atoms with Crippen molar-refractivity contribution in [1.82, 2.24) is 9.88 Å². The number of carbonyl (C=O) groups is 1. The van der Waals surface area contributed by atoms with Crippen molar-refractivity contribution in [2.75, 3.05) is 32.5 Å². The Morgan fingerprint density at radius 3 is 2.94 bits per heavy atom. The molecular weight excluding hydrogens is 242 g/mol. The van der Waals surface area contributed by atoms with Gasteiger partial charge in [0, 0.05) is 20.2 Å². The minimum atomic E-state index is -0.186. The first kappa shape index (κ1) is 13.7. The van der Waals surface area contributed by atoms with Crippen LogP contribution in [0, 0.1) is 0 Å². The predicted molar refractivity (Wildman–Crippen MR) is 67.1 cm³/mol. The van der Waals surface area contributed by atoms with Gasteiger partial charge in [-0.05, 0) is 13.0 Å². The Bertz CT molecular complexity index is 398. The van der Waals surface area contributed by atoms with Crippen LogP contribution in [-0.4, -0.2) is 42.6 Å². The Balaban J connectivity index is 2.89. The largest absolute Gasteiger partial charge is 0.397 e. The van der Waals surface area contributed by atoms with Gasteiger partial charge in [-0.3, -0.25) is 4.79 Å². The molecule has 0 fully saturated rings. The zero-order chi connectivity index (χ0) is 12.8. The van der Waals surface area contributed by atoms with Crippen LogP contribution < -0.4 is 5.73 Å². The van der Waals surface area contributed by atoms with Crippen LogP contribution in [0.15, 0.2) is 12.3 Å². The van der Waals surface area contributed by atoms with E-state index in [1.54, 1.807) is 12.0 Å². The number of nitrogens with two attached hydrogens (primary N) is 1. The highest BCUT2D eigenvalue weighted by molar-refractivity contribution is 6.32. The van der Waals surface area contributed by atoms with Gasteiger partial charge in [-0.2, -0.15) is 0 Å². The first-order chi connectivity index (χ1) is 8.10. The Morgan fingerprint density at radius 1 is 1.65 bits per heavy atom. The van der Waals surface area contributed by atoms with Crippen LogP contribution in [0.3, 0.4) is 0 Å². The third kappa shape index (κ3) is 3.57. The molecule has 1 amide bonds. The summed E-state index contributed by atoms with van der Waals surface area (Å²) in [7, 11) is 1.59. The Kier molecular flexibility index (Phi) is 5.18. The molecule has 1 heterocycles. The fourth-order valence-corrected chi connectivity index (χ4v) is 1.57. The zero-order valence-electron chi connectivity index (χ0n) is 9.94. The summed E-state index contributed by atoms with van der Waals surface area (Å²) in [5.41, 5.74) is 6.33. The molecule has 0 saturated heterocycles. The van der Waals surface area contributed by atoms with Crippen molar-refractivity contribution in [3.63, 3.8) is 0 Å². The van der Waals surface area contributed by atoms with Crippen LogP contribution in [0.25, 0.3) is 0 Å². The smallest absolute Gasteiger partial charge is 0.257 e. The number of nitrogen functional groups attached to an aromatic ring is 1. The van der Waals surface area contributed by atoms with Crippen molar-refractivity contribution in [3.05, 3.63) is 23.0 Å². The lowest BCUT2D eigenvalue weighted by Gasteiger charge is -2.20. The molecule has 5 nitrogen and oxygen atoms in total. The lowest BCUT2D eigenvalue weighted by molar-refractivity contribution is 0.0706. The maximum Gasteiger partial charge on any atom is 0.257 e. The van der Waals surface area contributed by atoms with E-state index in [9.17, 15) is 4.79 Å². The standard InChI is InChI=1S/C11H16ClN3O2/c1-3-15(4-5-17-2)11(16)9-6-8(13)7-14-10(9)12/h6-7H,3-5,13H2,1-2H3. The average Bonchev–Trinajstić information content (AvgIpc) is 2.33. The van der Waals surface area contributed by atoms with Crippen molar-refractivity contribution in [3.8, 4) is 0 Å². The van der Waals surface area contributed by atoms with Gasteiger partial charge in [-0.1, -0.05) is 11.6 Å². The summed E-state index contributed by atoms with van der Waals surface area (Å²) < 4.78 is 4.95. The van der Waals surface area contributed by atoms with Crippen molar-refractivity contribution in [1.29, 1.82) is 0 Å². The molecule has 0 aliphatic rings. The van der Waals surface area contributed by atoms with Gasteiger partial charge in [-0.15, -0.1) is 0 Å². The van der Waals surface area contributed by atoms with E-state index in [1.807, 2.05) is 6.92 Å². The SMILES string of the molecule is CCN(CCOC)C(=O)c1cc(N)cnc1Cl. The topological polar surface area (TPSA) is 68.5 Å². The lowest BCUT2D eigenvalue weighted by Crippen LogP contribution is -2.34. The lowest BCUT2D eigenvalue weighted by atomic mass is 10.2. The van der Waals surface area contributed by atoms with Crippen LogP contribution in [0.4, 0.5) is 5.69 Å². The summed E-state index contributed by atoms with van der Waals surface area (Å²) in [4.78, 5) is 17.6. The van der Waals surface area contributed by atoms with E-state index in [4.69, 9.17) is 22.1 Å². The molecule has 2 N–H and O–H groups in total. The number of hydrogen-bond donors (Lipinski definition) is 1. The number of aromatic nitrogens is 1. The second-order valence-corrected chi connectivity index (χ2v) is 3.84. The highest BCUT2D eigenvalue weighted by Crippen LogP contribution is 2.17. The van der Waals surface area contributed by atoms with Gasteiger partial charge in [-0.25, -0.2) is 4.98 Å². The summed E-state index contributed by atoms with van der Waals surface area (Å²) in [6, 6.07) is 1.53. The molecule has 17 heavy (non-hydrogen) atoms. The molecule has 0 aliphatic carbocycles. The number of ether oxygens (including phenoxy) is 1. The predicted octanol–water partition coefficient (Wildman–Crippen LogP) is 1.43. The second-order valence-electron chi connectivity index (χ2n) is 3.48. The number of halogens is 1. The van der Waals surface area contributed by atoms with E-state index in [0.717, 1.165) is 0 Å². The Labute approximate surface area is 106 Å². The van der Waals surface area contributed by atoms with Crippen molar-refractivity contribution < 1.29 is 9.53 Å². The van der Waals surface area contributed by atoms with E-state index in [1.165, 1.54) is 12.3 Å². The molecule has 0 saturated carbocycles. The van der Waals surface area contributed by atoms with Gasteiger partial charge < -0.3 is 15.4 Å². The molecule has 1 rings (SSSR count). The molecule has 0 atom stereocenters. The van der Waals surface area contributed by atoms with Crippen molar-refractivity contribution in [2.45, 2.75) is 6.92 Å². The third-order valence-electron chi connectivity index (χ3n) is 2.32. The molecule has 1 aromatic rings. The molecule has 0 radical (unpaired) electrons. The van der Waals surface area contributed by atoms with Crippen LogP contribution in [0.1, 0.15) is 17.3 Å². The number of likely N-dealkylation sites (N-methyl/N-ethyl adjacent to an activating group) is 1. The van der Waals surface area contributed by atoms with Gasteiger partial charge in [0.1, 0.15) is 5.15 Å². The van der Waals surface area contributed by atoms with Gasteiger partial charge in [0.2, 0.25) is 0 Å². The van der Waals surface area contributed by atoms with Crippen LogP contribution in [0.2, 0.25) is 5.15 Å². The summed E-state index contributed by atoms with van der Waals surface area (Å²) in [6.07, 6.45) is 1.42. The van der Waals surface area contributed by atoms with Gasteiger partial charge >= 0.3 is 0 Å².